The van der Waals surface area contributed by atoms with Crippen LogP contribution in [0.1, 0.15) is 12.5 Å². The highest BCUT2D eigenvalue weighted by Crippen LogP contribution is 2.27. The molecular weight excluding hydrogens is 299 g/mol. The van der Waals surface area contributed by atoms with Crippen LogP contribution in [0.15, 0.2) is 42.5 Å². The first-order valence-corrected chi connectivity index (χ1v) is 7.10. The molecule has 2 aromatic rings. The summed E-state index contributed by atoms with van der Waals surface area (Å²) >= 11 is 0. The van der Waals surface area contributed by atoms with E-state index in [0.29, 0.717) is 17.2 Å². The first kappa shape index (κ1) is 16.6. The van der Waals surface area contributed by atoms with Crippen LogP contribution in [0.3, 0.4) is 0 Å². The number of amides is 1. The number of hydrogen-bond acceptors (Lipinski definition) is 4. The van der Waals surface area contributed by atoms with E-state index in [0.717, 1.165) is 5.56 Å². The number of nitrogens with two attached hydrogens (primary N) is 1. The number of rotatable bonds is 7. The topological polar surface area (TPSA) is 73.6 Å². The van der Waals surface area contributed by atoms with Crippen molar-refractivity contribution in [1.29, 1.82) is 0 Å². The van der Waals surface area contributed by atoms with Crippen LogP contribution in [0.5, 0.6) is 11.5 Å². The molecule has 0 spiro atoms. The molecule has 0 radical (unpaired) electrons. The third-order valence-corrected chi connectivity index (χ3v) is 3.26. The Balaban J connectivity index is 2.12. The minimum atomic E-state index is -0.539. The van der Waals surface area contributed by atoms with Gasteiger partial charge in [-0.1, -0.05) is 12.1 Å². The summed E-state index contributed by atoms with van der Waals surface area (Å²) in [5.41, 5.74) is 6.74. The molecule has 2 rings (SSSR count). The molecule has 0 aliphatic rings. The minimum absolute atomic E-state index is 0.257. The average molecular weight is 318 g/mol. The van der Waals surface area contributed by atoms with Crippen LogP contribution in [0.2, 0.25) is 0 Å². The van der Waals surface area contributed by atoms with E-state index in [1.54, 1.807) is 38.3 Å². The van der Waals surface area contributed by atoms with Crippen molar-refractivity contribution in [3.05, 3.63) is 53.8 Å². The van der Waals surface area contributed by atoms with E-state index in [2.05, 4.69) is 5.32 Å². The molecule has 5 nitrogen and oxygen atoms in total. The van der Waals surface area contributed by atoms with Crippen LogP contribution in [-0.4, -0.2) is 19.1 Å². The molecule has 1 amide bonds. The van der Waals surface area contributed by atoms with E-state index in [9.17, 15) is 9.18 Å². The smallest absolute Gasteiger partial charge is 0.239 e. The van der Waals surface area contributed by atoms with Crippen LogP contribution in [-0.2, 0) is 11.4 Å². The molecule has 0 aliphatic carbocycles. The maximum absolute atomic E-state index is 13.1. The summed E-state index contributed by atoms with van der Waals surface area (Å²) in [6.07, 6.45) is 0. The third-order valence-electron chi connectivity index (χ3n) is 3.26. The van der Waals surface area contributed by atoms with Gasteiger partial charge in [0.1, 0.15) is 30.0 Å². The van der Waals surface area contributed by atoms with Crippen molar-refractivity contribution in [3.63, 3.8) is 0 Å². The minimum Gasteiger partial charge on any atom is -0.495 e. The average Bonchev–Trinajstić information content (AvgIpc) is 2.53. The molecular formula is C17H19FN2O3. The number of ether oxygens (including phenoxy) is 2. The first-order chi connectivity index (χ1) is 11.0. The van der Waals surface area contributed by atoms with Crippen LogP contribution in [0, 0.1) is 5.82 Å². The first-order valence-electron chi connectivity index (χ1n) is 7.10. The summed E-state index contributed by atoms with van der Waals surface area (Å²) in [6, 6.07) is 10.8. The molecule has 0 aliphatic heterocycles. The second-order valence-electron chi connectivity index (χ2n) is 5.05. The van der Waals surface area contributed by atoms with E-state index in [1.165, 1.54) is 12.1 Å². The Kier molecular flexibility index (Phi) is 5.41. The molecule has 23 heavy (non-hydrogen) atoms. The zero-order chi connectivity index (χ0) is 16.8. The fourth-order valence-corrected chi connectivity index (χ4v) is 1.99. The van der Waals surface area contributed by atoms with Gasteiger partial charge in [0.25, 0.3) is 0 Å². The van der Waals surface area contributed by atoms with E-state index in [4.69, 9.17) is 15.2 Å². The van der Waals surface area contributed by atoms with Crippen molar-refractivity contribution in [3.8, 4) is 11.5 Å². The maximum atomic E-state index is 13.1. The number of anilines is 1. The van der Waals surface area contributed by atoms with E-state index < -0.39 is 11.9 Å². The van der Waals surface area contributed by atoms with E-state index >= 15 is 0 Å². The molecule has 0 saturated carbocycles. The van der Waals surface area contributed by atoms with Gasteiger partial charge in [0.05, 0.1) is 12.8 Å². The lowest BCUT2D eigenvalue weighted by Gasteiger charge is -2.16. The summed E-state index contributed by atoms with van der Waals surface area (Å²) < 4.78 is 23.9. The van der Waals surface area contributed by atoms with Gasteiger partial charge in [-0.15, -0.1) is 0 Å². The number of nitrogens with one attached hydrogen (secondary N) is 1. The molecule has 0 aromatic heterocycles. The lowest BCUT2D eigenvalue weighted by Crippen LogP contribution is -2.32. The second-order valence-corrected chi connectivity index (χ2v) is 5.05. The van der Waals surface area contributed by atoms with Crippen LogP contribution >= 0.6 is 0 Å². The van der Waals surface area contributed by atoms with Crippen molar-refractivity contribution < 1.29 is 18.7 Å². The Bertz CT molecular complexity index is 691. The van der Waals surface area contributed by atoms with Gasteiger partial charge >= 0.3 is 0 Å². The normalized spacial score (nSPS) is 11.6. The van der Waals surface area contributed by atoms with E-state index in [1.807, 2.05) is 6.07 Å². The number of benzene rings is 2. The summed E-state index contributed by atoms with van der Waals surface area (Å²) in [6.45, 7) is 1.92. The van der Waals surface area contributed by atoms with Crippen LogP contribution in [0.4, 0.5) is 10.1 Å². The molecule has 3 N–H and O–H groups in total. The highest BCUT2D eigenvalue weighted by Gasteiger charge is 2.12. The zero-order valence-electron chi connectivity index (χ0n) is 13.0. The van der Waals surface area contributed by atoms with Gasteiger partial charge in [-0.2, -0.15) is 0 Å². The van der Waals surface area contributed by atoms with Gasteiger partial charge in [-0.05, 0) is 36.8 Å². The number of primary amides is 1. The Hall–Kier alpha value is -2.76. The van der Waals surface area contributed by atoms with Gasteiger partial charge in [0.15, 0.2) is 0 Å². The Morgan fingerprint density at radius 2 is 2.09 bits per heavy atom. The predicted octanol–water partition coefficient (Wildman–Crippen LogP) is 2.70. The van der Waals surface area contributed by atoms with Crippen LogP contribution < -0.4 is 20.5 Å². The molecule has 2 aromatic carbocycles. The number of carbonyl (C=O) groups is 1. The van der Waals surface area contributed by atoms with Gasteiger partial charge in [-0.3, -0.25) is 4.79 Å². The Morgan fingerprint density at radius 3 is 2.74 bits per heavy atom. The Morgan fingerprint density at radius 1 is 1.30 bits per heavy atom. The molecule has 0 unspecified atom stereocenters. The van der Waals surface area contributed by atoms with Crippen molar-refractivity contribution >= 4 is 11.6 Å². The summed E-state index contributed by atoms with van der Waals surface area (Å²) in [5, 5.41) is 2.99. The van der Waals surface area contributed by atoms with Gasteiger partial charge in [0.2, 0.25) is 5.91 Å². The molecule has 1 atom stereocenters. The second kappa shape index (κ2) is 7.49. The predicted molar refractivity (Wildman–Crippen MR) is 86.0 cm³/mol. The van der Waals surface area contributed by atoms with Gasteiger partial charge < -0.3 is 20.5 Å². The quantitative estimate of drug-likeness (QED) is 0.823. The van der Waals surface area contributed by atoms with Crippen molar-refractivity contribution in [1.82, 2.24) is 0 Å². The monoisotopic (exact) mass is 318 g/mol. The van der Waals surface area contributed by atoms with Crippen molar-refractivity contribution in [2.75, 3.05) is 12.4 Å². The molecule has 0 heterocycles. The lowest BCUT2D eigenvalue weighted by molar-refractivity contribution is -0.118. The van der Waals surface area contributed by atoms with E-state index in [-0.39, 0.29) is 12.4 Å². The molecule has 0 saturated heterocycles. The number of carbonyl (C=O) groups excluding carboxylic acids is 1. The Labute approximate surface area is 134 Å². The number of halogens is 1. The highest BCUT2D eigenvalue weighted by molar-refractivity contribution is 5.83. The van der Waals surface area contributed by atoms with Crippen molar-refractivity contribution in [2.24, 2.45) is 5.73 Å². The van der Waals surface area contributed by atoms with Crippen molar-refractivity contribution in [2.45, 2.75) is 19.6 Å². The van der Waals surface area contributed by atoms with Gasteiger partial charge in [0, 0.05) is 6.07 Å². The maximum Gasteiger partial charge on any atom is 0.239 e. The standard InChI is InChI=1S/C17H19FN2O3/c1-11(17(19)21)20-15-8-12(6-7-16(15)22-2)10-23-14-5-3-4-13(18)9-14/h3-9,11,20H,10H2,1-2H3,(H2,19,21)/t11-/m0/s1. The molecule has 0 bridgehead atoms. The van der Waals surface area contributed by atoms with Gasteiger partial charge in [-0.25, -0.2) is 4.39 Å². The fourth-order valence-electron chi connectivity index (χ4n) is 1.99. The zero-order valence-corrected chi connectivity index (χ0v) is 13.0. The summed E-state index contributed by atoms with van der Waals surface area (Å²) in [5.74, 6) is 0.219. The SMILES string of the molecule is COc1ccc(COc2cccc(F)c2)cc1N[C@@H](C)C(N)=O. The summed E-state index contributed by atoms with van der Waals surface area (Å²) in [4.78, 5) is 11.2. The number of hydrogen-bond donors (Lipinski definition) is 2. The largest absolute Gasteiger partial charge is 0.495 e. The highest BCUT2D eigenvalue weighted by atomic mass is 19.1. The lowest BCUT2D eigenvalue weighted by atomic mass is 10.1. The molecule has 6 heteroatoms. The summed E-state index contributed by atoms with van der Waals surface area (Å²) in [7, 11) is 1.54. The molecule has 122 valence electrons. The fraction of sp³-hybridized carbons (Fsp3) is 0.235. The third kappa shape index (κ3) is 4.60. The number of methoxy groups -OCH3 is 1. The van der Waals surface area contributed by atoms with Crippen LogP contribution in [0.25, 0.3) is 0 Å². The molecule has 0 fully saturated rings.